The third-order valence-corrected chi connectivity index (χ3v) is 3.76. The van der Waals surface area contributed by atoms with Crippen molar-refractivity contribution in [2.45, 2.75) is 12.8 Å². The summed E-state index contributed by atoms with van der Waals surface area (Å²) in [6.45, 7) is 1.15. The first-order valence-corrected chi connectivity index (χ1v) is 6.61. The lowest BCUT2D eigenvalue weighted by atomic mass is 9.81. The number of halogens is 1. The summed E-state index contributed by atoms with van der Waals surface area (Å²) in [5.41, 5.74) is -0.814. The van der Waals surface area contributed by atoms with E-state index >= 15 is 0 Å². The van der Waals surface area contributed by atoms with Gasteiger partial charge in [0.1, 0.15) is 17.8 Å². The van der Waals surface area contributed by atoms with Crippen LogP contribution in [-0.4, -0.2) is 30.9 Å². The fraction of sp³-hybridized carbons (Fsp3) is 0.462. The maximum Gasteiger partial charge on any atom is 0.313 e. The molecule has 0 atom stereocenters. The zero-order valence-electron chi connectivity index (χ0n) is 9.89. The van der Waals surface area contributed by atoms with E-state index < -0.39 is 11.4 Å². The van der Waals surface area contributed by atoms with Crippen LogP contribution in [0.4, 0.5) is 0 Å². The van der Waals surface area contributed by atoms with Crippen molar-refractivity contribution in [1.82, 2.24) is 0 Å². The molecule has 0 aliphatic carbocycles. The molecule has 1 heterocycles. The molecule has 0 aromatic heterocycles. The highest BCUT2D eigenvalue weighted by Crippen LogP contribution is 2.32. The van der Waals surface area contributed by atoms with E-state index in [1.54, 1.807) is 0 Å². The van der Waals surface area contributed by atoms with Gasteiger partial charge in [-0.25, -0.2) is 0 Å². The standard InChI is InChI=1S/C13H15BrO4/c14-10-1-3-11(4-2-10)18-9-13(12(15)16)5-7-17-8-6-13/h1-4H,5-9H2,(H,15,16). The molecule has 4 nitrogen and oxygen atoms in total. The minimum Gasteiger partial charge on any atom is -0.492 e. The van der Waals surface area contributed by atoms with Crippen LogP contribution in [-0.2, 0) is 9.53 Å². The topological polar surface area (TPSA) is 55.8 Å². The Morgan fingerprint density at radius 3 is 2.50 bits per heavy atom. The minimum absolute atomic E-state index is 0.188. The van der Waals surface area contributed by atoms with Gasteiger partial charge < -0.3 is 14.6 Å². The van der Waals surface area contributed by atoms with Gasteiger partial charge in [-0.05, 0) is 37.1 Å². The van der Waals surface area contributed by atoms with E-state index in [-0.39, 0.29) is 6.61 Å². The van der Waals surface area contributed by atoms with Gasteiger partial charge in [0.2, 0.25) is 0 Å². The van der Waals surface area contributed by atoms with Crippen LogP contribution in [0, 0.1) is 5.41 Å². The van der Waals surface area contributed by atoms with Crippen molar-refractivity contribution in [3.63, 3.8) is 0 Å². The summed E-state index contributed by atoms with van der Waals surface area (Å²) in [6.07, 6.45) is 0.998. The number of carboxylic acid groups (broad SMARTS) is 1. The molecule has 1 saturated heterocycles. The average Bonchev–Trinajstić information content (AvgIpc) is 2.39. The molecule has 18 heavy (non-hydrogen) atoms. The van der Waals surface area contributed by atoms with Gasteiger partial charge in [-0.3, -0.25) is 4.79 Å². The number of aliphatic carboxylic acids is 1. The predicted molar refractivity (Wildman–Crippen MR) is 69.8 cm³/mol. The summed E-state index contributed by atoms with van der Waals surface area (Å²) in [4.78, 5) is 11.4. The molecule has 1 aliphatic rings. The maximum atomic E-state index is 11.4. The Hall–Kier alpha value is -1.07. The first kappa shape index (κ1) is 13.4. The predicted octanol–water partition coefficient (Wildman–Crippen LogP) is 2.71. The van der Waals surface area contributed by atoms with Crippen LogP contribution in [0.3, 0.4) is 0 Å². The lowest BCUT2D eigenvalue weighted by molar-refractivity contribution is -0.157. The zero-order chi connectivity index (χ0) is 13.0. The van der Waals surface area contributed by atoms with Crippen LogP contribution in [0.25, 0.3) is 0 Å². The smallest absolute Gasteiger partial charge is 0.313 e. The first-order chi connectivity index (χ1) is 8.62. The van der Waals surface area contributed by atoms with Gasteiger partial charge in [-0.1, -0.05) is 15.9 Å². The molecular formula is C13H15BrO4. The highest BCUT2D eigenvalue weighted by molar-refractivity contribution is 9.10. The van der Waals surface area contributed by atoms with E-state index in [4.69, 9.17) is 9.47 Å². The average molecular weight is 315 g/mol. The molecule has 5 heteroatoms. The van der Waals surface area contributed by atoms with Gasteiger partial charge in [-0.2, -0.15) is 0 Å². The number of hydrogen-bond acceptors (Lipinski definition) is 3. The number of hydrogen-bond donors (Lipinski definition) is 1. The molecule has 1 aliphatic heterocycles. The molecule has 0 bridgehead atoms. The summed E-state index contributed by atoms with van der Waals surface area (Å²) < 4.78 is 11.8. The van der Waals surface area contributed by atoms with Crippen LogP contribution >= 0.6 is 15.9 Å². The molecule has 0 saturated carbocycles. The SMILES string of the molecule is O=C(O)C1(COc2ccc(Br)cc2)CCOCC1. The van der Waals surface area contributed by atoms with Crippen molar-refractivity contribution in [3.05, 3.63) is 28.7 Å². The van der Waals surface area contributed by atoms with Crippen molar-refractivity contribution < 1.29 is 19.4 Å². The van der Waals surface area contributed by atoms with E-state index in [0.29, 0.717) is 31.8 Å². The Morgan fingerprint density at radius 1 is 1.33 bits per heavy atom. The van der Waals surface area contributed by atoms with Gasteiger partial charge in [0.05, 0.1) is 0 Å². The second-order valence-electron chi connectivity index (χ2n) is 4.44. The Kier molecular flexibility index (Phi) is 4.24. The lowest BCUT2D eigenvalue weighted by Crippen LogP contribution is -2.42. The Balaban J connectivity index is 2.01. The monoisotopic (exact) mass is 314 g/mol. The number of rotatable bonds is 4. The van der Waals surface area contributed by atoms with E-state index in [9.17, 15) is 9.90 Å². The second kappa shape index (κ2) is 5.71. The second-order valence-corrected chi connectivity index (χ2v) is 5.36. The van der Waals surface area contributed by atoms with Crippen molar-refractivity contribution in [1.29, 1.82) is 0 Å². The lowest BCUT2D eigenvalue weighted by Gasteiger charge is -2.32. The minimum atomic E-state index is -0.814. The van der Waals surface area contributed by atoms with Gasteiger partial charge in [-0.15, -0.1) is 0 Å². The van der Waals surface area contributed by atoms with E-state index in [0.717, 1.165) is 4.47 Å². The summed E-state index contributed by atoms with van der Waals surface area (Å²) in [5, 5.41) is 9.37. The van der Waals surface area contributed by atoms with E-state index in [1.807, 2.05) is 24.3 Å². The summed E-state index contributed by atoms with van der Waals surface area (Å²) >= 11 is 3.34. The molecule has 0 spiro atoms. The fourth-order valence-electron chi connectivity index (χ4n) is 1.93. The summed E-state index contributed by atoms with van der Waals surface area (Å²) in [6, 6.07) is 7.37. The van der Waals surface area contributed by atoms with Crippen molar-refractivity contribution >= 4 is 21.9 Å². The molecule has 1 aromatic rings. The summed E-state index contributed by atoms with van der Waals surface area (Å²) in [7, 11) is 0. The van der Waals surface area contributed by atoms with E-state index in [1.165, 1.54) is 0 Å². The fourth-order valence-corrected chi connectivity index (χ4v) is 2.20. The Bertz CT molecular complexity index is 410. The Morgan fingerprint density at radius 2 is 1.94 bits per heavy atom. The van der Waals surface area contributed by atoms with Crippen molar-refractivity contribution in [2.24, 2.45) is 5.41 Å². The number of carbonyl (C=O) groups is 1. The zero-order valence-corrected chi connectivity index (χ0v) is 11.5. The molecule has 0 radical (unpaired) electrons. The van der Waals surface area contributed by atoms with Crippen LogP contribution in [0.1, 0.15) is 12.8 Å². The third kappa shape index (κ3) is 3.03. The highest BCUT2D eigenvalue weighted by Gasteiger charge is 2.41. The highest BCUT2D eigenvalue weighted by atomic mass is 79.9. The molecule has 1 aromatic carbocycles. The molecule has 1 N–H and O–H groups in total. The number of ether oxygens (including phenoxy) is 2. The van der Waals surface area contributed by atoms with Crippen molar-refractivity contribution in [3.8, 4) is 5.75 Å². The largest absolute Gasteiger partial charge is 0.492 e. The van der Waals surface area contributed by atoms with Crippen LogP contribution in [0.5, 0.6) is 5.75 Å². The number of benzene rings is 1. The van der Waals surface area contributed by atoms with Crippen LogP contribution < -0.4 is 4.74 Å². The van der Waals surface area contributed by atoms with Gasteiger partial charge in [0, 0.05) is 17.7 Å². The molecule has 2 rings (SSSR count). The maximum absolute atomic E-state index is 11.4. The third-order valence-electron chi connectivity index (χ3n) is 3.23. The molecule has 98 valence electrons. The van der Waals surface area contributed by atoms with Crippen LogP contribution in [0.2, 0.25) is 0 Å². The molecular weight excluding hydrogens is 300 g/mol. The Labute approximate surface area is 114 Å². The quantitative estimate of drug-likeness (QED) is 0.928. The van der Waals surface area contributed by atoms with Gasteiger partial charge in [0.25, 0.3) is 0 Å². The molecule has 1 fully saturated rings. The van der Waals surface area contributed by atoms with E-state index in [2.05, 4.69) is 15.9 Å². The van der Waals surface area contributed by atoms with Gasteiger partial charge >= 0.3 is 5.97 Å². The normalized spacial score (nSPS) is 18.3. The first-order valence-electron chi connectivity index (χ1n) is 5.82. The van der Waals surface area contributed by atoms with Crippen LogP contribution in [0.15, 0.2) is 28.7 Å². The van der Waals surface area contributed by atoms with Crippen molar-refractivity contribution in [2.75, 3.05) is 19.8 Å². The van der Waals surface area contributed by atoms with Gasteiger partial charge in [0.15, 0.2) is 0 Å². The molecule has 0 amide bonds. The molecule has 0 unspecified atom stereocenters. The number of carboxylic acids is 1. The summed E-state index contributed by atoms with van der Waals surface area (Å²) in [5.74, 6) is -0.117.